The third-order valence-electron chi connectivity index (χ3n) is 2.77. The summed E-state index contributed by atoms with van der Waals surface area (Å²) in [6, 6.07) is 5.74. The molecule has 0 aromatic heterocycles. The maximum absolute atomic E-state index is 11.3. The highest BCUT2D eigenvalue weighted by atomic mass is 35.5. The summed E-state index contributed by atoms with van der Waals surface area (Å²) < 4.78 is 0. The molecule has 0 aliphatic heterocycles. The van der Waals surface area contributed by atoms with Crippen LogP contribution in [0.5, 0.6) is 0 Å². The Balaban J connectivity index is 2.21. The molecule has 0 saturated carbocycles. The molecule has 0 saturated heterocycles. The van der Waals surface area contributed by atoms with Crippen LogP contribution in [0.4, 0.5) is 5.69 Å². The van der Waals surface area contributed by atoms with Gasteiger partial charge in [-0.05, 0) is 37.5 Å². The van der Waals surface area contributed by atoms with Gasteiger partial charge in [-0.1, -0.05) is 17.7 Å². The predicted octanol–water partition coefficient (Wildman–Crippen LogP) is 3.70. The summed E-state index contributed by atoms with van der Waals surface area (Å²) >= 11 is 6.03. The molecule has 3 heteroatoms. The molecular weight excluding hydrogens is 222 g/mol. The van der Waals surface area contributed by atoms with Crippen LogP contribution in [0.3, 0.4) is 0 Å². The van der Waals surface area contributed by atoms with Crippen LogP contribution in [0.1, 0.15) is 24.8 Å². The van der Waals surface area contributed by atoms with E-state index in [-0.39, 0.29) is 5.78 Å². The Morgan fingerprint density at radius 3 is 2.88 bits per heavy atom. The summed E-state index contributed by atoms with van der Waals surface area (Å²) in [6.07, 6.45) is 4.22. The number of hydrogen-bond donors (Lipinski definition) is 1. The highest BCUT2D eigenvalue weighted by molar-refractivity contribution is 6.31. The minimum Gasteiger partial charge on any atom is -0.359 e. The lowest BCUT2D eigenvalue weighted by atomic mass is 10.0. The third-order valence-corrected chi connectivity index (χ3v) is 3.18. The Morgan fingerprint density at radius 2 is 2.12 bits per heavy atom. The minimum atomic E-state index is 0.202. The largest absolute Gasteiger partial charge is 0.359 e. The zero-order valence-corrected chi connectivity index (χ0v) is 9.97. The van der Waals surface area contributed by atoms with Crippen LogP contribution in [0, 0.1) is 6.92 Å². The number of hydrogen-bond acceptors (Lipinski definition) is 2. The van der Waals surface area contributed by atoms with Crippen LogP contribution in [0.25, 0.3) is 0 Å². The van der Waals surface area contributed by atoms with Crippen molar-refractivity contribution in [2.24, 2.45) is 0 Å². The average molecular weight is 236 g/mol. The van der Waals surface area contributed by atoms with Gasteiger partial charge in [0, 0.05) is 28.9 Å². The van der Waals surface area contributed by atoms with Crippen LogP contribution in [-0.2, 0) is 4.79 Å². The number of halogens is 1. The third kappa shape index (κ3) is 2.45. The molecule has 1 aliphatic carbocycles. The summed E-state index contributed by atoms with van der Waals surface area (Å²) in [6.45, 7) is 1.97. The molecule has 1 aliphatic rings. The number of allylic oxidation sites excluding steroid dienone is 2. The van der Waals surface area contributed by atoms with E-state index >= 15 is 0 Å². The minimum absolute atomic E-state index is 0.202. The number of carbonyl (C=O) groups excluding carboxylic acids is 1. The fourth-order valence-corrected chi connectivity index (χ4v) is 1.98. The first-order valence-corrected chi connectivity index (χ1v) is 5.80. The molecule has 1 N–H and O–H groups in total. The lowest BCUT2D eigenvalue weighted by molar-refractivity contribution is -0.115. The lowest BCUT2D eigenvalue weighted by Crippen LogP contribution is -2.09. The maximum Gasteiger partial charge on any atom is 0.157 e. The lowest BCUT2D eigenvalue weighted by Gasteiger charge is -2.16. The van der Waals surface area contributed by atoms with Crippen molar-refractivity contribution >= 4 is 23.1 Å². The van der Waals surface area contributed by atoms with Gasteiger partial charge in [0.25, 0.3) is 0 Å². The molecule has 0 bridgehead atoms. The van der Waals surface area contributed by atoms with Gasteiger partial charge in [-0.25, -0.2) is 0 Å². The van der Waals surface area contributed by atoms with Crippen molar-refractivity contribution in [2.45, 2.75) is 26.2 Å². The number of nitrogens with one attached hydrogen (secondary N) is 1. The molecule has 2 rings (SSSR count). The summed E-state index contributed by atoms with van der Waals surface area (Å²) in [5.74, 6) is 0.202. The van der Waals surface area contributed by atoms with Crippen molar-refractivity contribution in [1.82, 2.24) is 0 Å². The van der Waals surface area contributed by atoms with Crippen molar-refractivity contribution < 1.29 is 4.79 Å². The Kier molecular flexibility index (Phi) is 3.30. The van der Waals surface area contributed by atoms with Gasteiger partial charge in [-0.2, -0.15) is 0 Å². The van der Waals surface area contributed by atoms with E-state index in [0.717, 1.165) is 34.8 Å². The fourth-order valence-electron chi connectivity index (χ4n) is 1.81. The van der Waals surface area contributed by atoms with Crippen LogP contribution in [-0.4, -0.2) is 5.78 Å². The van der Waals surface area contributed by atoms with Crippen LogP contribution >= 0.6 is 11.6 Å². The van der Waals surface area contributed by atoms with E-state index in [4.69, 9.17) is 11.6 Å². The molecule has 84 valence electrons. The first-order valence-electron chi connectivity index (χ1n) is 5.42. The smallest absolute Gasteiger partial charge is 0.157 e. The van der Waals surface area contributed by atoms with Crippen molar-refractivity contribution in [3.8, 4) is 0 Å². The molecule has 0 heterocycles. The standard InChI is InChI=1S/C13H14ClNO/c1-9-12(14)6-3-7-13(9)15-10-4-2-5-11(16)8-10/h3,6-8,15H,2,4-5H2,1H3. The van der Waals surface area contributed by atoms with Crippen LogP contribution in [0.2, 0.25) is 5.02 Å². The summed E-state index contributed by atoms with van der Waals surface area (Å²) in [7, 11) is 0. The van der Waals surface area contributed by atoms with Gasteiger partial charge in [0.2, 0.25) is 0 Å². The number of carbonyl (C=O) groups is 1. The summed E-state index contributed by atoms with van der Waals surface area (Å²) in [5.41, 5.74) is 2.98. The van der Waals surface area contributed by atoms with E-state index < -0.39 is 0 Å². The number of benzene rings is 1. The predicted molar refractivity (Wildman–Crippen MR) is 66.8 cm³/mol. The highest BCUT2D eigenvalue weighted by Crippen LogP contribution is 2.26. The van der Waals surface area contributed by atoms with E-state index in [2.05, 4.69) is 5.32 Å². The molecular formula is C13H14ClNO. The fraction of sp³-hybridized carbons (Fsp3) is 0.308. The Morgan fingerprint density at radius 1 is 1.31 bits per heavy atom. The van der Waals surface area contributed by atoms with Gasteiger partial charge >= 0.3 is 0 Å². The summed E-state index contributed by atoms with van der Waals surface area (Å²) in [4.78, 5) is 11.3. The van der Waals surface area contributed by atoms with E-state index in [9.17, 15) is 4.79 Å². The number of ketones is 1. The highest BCUT2D eigenvalue weighted by Gasteiger charge is 2.11. The van der Waals surface area contributed by atoms with Crippen LogP contribution in [0.15, 0.2) is 30.0 Å². The average Bonchev–Trinajstić information content (AvgIpc) is 2.25. The second kappa shape index (κ2) is 4.71. The van der Waals surface area contributed by atoms with Gasteiger partial charge in [0.1, 0.15) is 0 Å². The second-order valence-corrected chi connectivity index (χ2v) is 4.43. The van der Waals surface area contributed by atoms with Gasteiger partial charge in [-0.15, -0.1) is 0 Å². The number of anilines is 1. The van der Waals surface area contributed by atoms with E-state index in [1.54, 1.807) is 6.08 Å². The number of rotatable bonds is 2. The molecule has 0 unspecified atom stereocenters. The van der Waals surface area contributed by atoms with Crippen LogP contribution < -0.4 is 5.32 Å². The van der Waals surface area contributed by atoms with Crippen molar-refractivity contribution in [1.29, 1.82) is 0 Å². The van der Waals surface area contributed by atoms with E-state index in [1.807, 2.05) is 25.1 Å². The monoisotopic (exact) mass is 235 g/mol. The van der Waals surface area contributed by atoms with Crippen molar-refractivity contribution in [2.75, 3.05) is 5.32 Å². The molecule has 0 atom stereocenters. The first kappa shape index (κ1) is 11.2. The van der Waals surface area contributed by atoms with E-state index in [0.29, 0.717) is 6.42 Å². The molecule has 0 fully saturated rings. The quantitative estimate of drug-likeness (QED) is 0.847. The first-order chi connectivity index (χ1) is 7.66. The molecule has 0 radical (unpaired) electrons. The maximum atomic E-state index is 11.3. The SMILES string of the molecule is Cc1c(Cl)cccc1NC1=CC(=O)CCC1. The molecule has 0 amide bonds. The molecule has 1 aromatic rings. The normalized spacial score (nSPS) is 15.9. The Bertz CT molecular complexity index is 451. The van der Waals surface area contributed by atoms with Gasteiger partial charge in [0.15, 0.2) is 5.78 Å². The molecule has 0 spiro atoms. The van der Waals surface area contributed by atoms with Gasteiger partial charge in [-0.3, -0.25) is 4.79 Å². The Hall–Kier alpha value is -1.28. The summed E-state index contributed by atoms with van der Waals surface area (Å²) in [5, 5.41) is 4.02. The van der Waals surface area contributed by atoms with Gasteiger partial charge < -0.3 is 5.32 Å². The van der Waals surface area contributed by atoms with Crippen molar-refractivity contribution in [3.63, 3.8) is 0 Å². The van der Waals surface area contributed by atoms with Crippen molar-refractivity contribution in [3.05, 3.63) is 40.6 Å². The van der Waals surface area contributed by atoms with Gasteiger partial charge in [0.05, 0.1) is 0 Å². The molecule has 1 aromatic carbocycles. The topological polar surface area (TPSA) is 29.1 Å². The zero-order chi connectivity index (χ0) is 11.5. The van der Waals surface area contributed by atoms with E-state index in [1.165, 1.54) is 0 Å². The zero-order valence-electron chi connectivity index (χ0n) is 9.22. The Labute approximate surface area is 100 Å². The molecule has 16 heavy (non-hydrogen) atoms. The second-order valence-electron chi connectivity index (χ2n) is 4.03. The molecule has 2 nitrogen and oxygen atoms in total.